The predicted molar refractivity (Wildman–Crippen MR) is 64.7 cm³/mol. The van der Waals surface area contributed by atoms with Gasteiger partial charge in [0.25, 0.3) is 0 Å². The summed E-state index contributed by atoms with van der Waals surface area (Å²) in [5.41, 5.74) is 0.145. The topological polar surface area (TPSA) is 38.8 Å². The van der Waals surface area contributed by atoms with E-state index in [0.29, 0.717) is 13.2 Å². The third-order valence-electron chi connectivity index (χ3n) is 2.91. The first-order valence-electron chi connectivity index (χ1n) is 6.05. The van der Waals surface area contributed by atoms with E-state index in [9.17, 15) is 18.0 Å². The van der Waals surface area contributed by atoms with Crippen LogP contribution in [-0.4, -0.2) is 49.9 Å². The van der Waals surface area contributed by atoms with Gasteiger partial charge in [0.05, 0.1) is 6.61 Å². The lowest BCUT2D eigenvalue weighted by atomic mass is 10.0. The molecule has 110 valence electrons. The number of Topliss-reactive ketones (excluding diaryl/α,β-unsaturated/α-hetero) is 1. The molecule has 1 aliphatic rings. The van der Waals surface area contributed by atoms with Crippen LogP contribution in [0, 0.1) is 0 Å². The zero-order chi connectivity index (χ0) is 14.8. The number of carbonyl (C=O) groups excluding carboxylic acids is 1. The van der Waals surface area contributed by atoms with Crippen LogP contribution in [0.2, 0.25) is 0 Å². The molecule has 0 aromatic heterocycles. The molecule has 0 radical (unpaired) electrons. The number of nitrogens with zero attached hydrogens (tertiary/aromatic N) is 1. The summed E-state index contributed by atoms with van der Waals surface area (Å²) in [7, 11) is 1.85. The van der Waals surface area contributed by atoms with Gasteiger partial charge in [0.1, 0.15) is 11.9 Å². The number of ketones is 1. The highest BCUT2D eigenvalue weighted by Crippen LogP contribution is 2.24. The van der Waals surface area contributed by atoms with Crippen molar-refractivity contribution in [2.24, 2.45) is 0 Å². The lowest BCUT2D eigenvalue weighted by Gasteiger charge is -2.29. The molecule has 20 heavy (non-hydrogen) atoms. The van der Waals surface area contributed by atoms with Crippen molar-refractivity contribution < 1.29 is 27.4 Å². The van der Waals surface area contributed by atoms with E-state index in [1.807, 2.05) is 11.9 Å². The molecule has 0 spiro atoms. The molecular formula is C13H14F3NO3. The number of alkyl halides is 3. The maximum absolute atomic E-state index is 12.2. The fourth-order valence-electron chi connectivity index (χ4n) is 1.97. The van der Waals surface area contributed by atoms with Crippen molar-refractivity contribution in [2.75, 3.05) is 26.7 Å². The highest BCUT2D eigenvalue weighted by atomic mass is 19.4. The van der Waals surface area contributed by atoms with Gasteiger partial charge in [0.15, 0.2) is 5.78 Å². The Bertz CT molecular complexity index is 490. The number of carbonyl (C=O) groups is 1. The third kappa shape index (κ3) is 3.94. The van der Waals surface area contributed by atoms with E-state index in [4.69, 9.17) is 4.74 Å². The van der Waals surface area contributed by atoms with E-state index in [-0.39, 0.29) is 11.3 Å². The molecule has 1 unspecified atom stereocenters. The van der Waals surface area contributed by atoms with Crippen molar-refractivity contribution in [1.82, 2.24) is 4.90 Å². The van der Waals surface area contributed by atoms with E-state index < -0.39 is 18.2 Å². The van der Waals surface area contributed by atoms with Gasteiger partial charge in [-0.05, 0) is 19.2 Å². The van der Waals surface area contributed by atoms with E-state index in [2.05, 4.69) is 4.74 Å². The number of hydrogen-bond donors (Lipinski definition) is 0. The summed E-state index contributed by atoms with van der Waals surface area (Å²) in [5, 5.41) is 0. The molecule has 1 atom stereocenters. The Morgan fingerprint density at radius 1 is 1.45 bits per heavy atom. The smallest absolute Gasteiger partial charge is 0.406 e. The van der Waals surface area contributed by atoms with Gasteiger partial charge in [-0.3, -0.25) is 4.79 Å². The molecule has 1 saturated heterocycles. The average molecular weight is 289 g/mol. The summed E-state index contributed by atoms with van der Waals surface area (Å²) in [6.07, 6.45) is -5.43. The molecule has 1 aliphatic heterocycles. The van der Waals surface area contributed by atoms with E-state index in [1.54, 1.807) is 0 Å². The second-order valence-electron chi connectivity index (χ2n) is 4.56. The summed E-state index contributed by atoms with van der Waals surface area (Å²) in [5.74, 6) is -0.753. The van der Waals surface area contributed by atoms with E-state index in [0.717, 1.165) is 18.7 Å². The van der Waals surface area contributed by atoms with Crippen molar-refractivity contribution in [3.63, 3.8) is 0 Å². The quantitative estimate of drug-likeness (QED) is 0.799. The van der Waals surface area contributed by atoms with Gasteiger partial charge in [-0.2, -0.15) is 0 Å². The Hall–Kier alpha value is -1.60. The Labute approximate surface area is 114 Å². The number of likely N-dealkylation sites (N-methyl/N-ethyl adjacent to an activating group) is 1. The largest absolute Gasteiger partial charge is 0.573 e. The summed E-state index contributed by atoms with van der Waals surface area (Å²) in [6.45, 7) is 1.57. The van der Waals surface area contributed by atoms with Crippen LogP contribution in [0.5, 0.6) is 5.75 Å². The van der Waals surface area contributed by atoms with Gasteiger partial charge in [0, 0.05) is 18.7 Å². The highest BCUT2D eigenvalue weighted by molar-refractivity contribution is 6.00. The number of benzene rings is 1. The number of halogens is 3. The molecule has 1 aromatic carbocycles. The molecule has 1 fully saturated rings. The minimum atomic E-state index is -4.77. The Morgan fingerprint density at radius 3 is 2.85 bits per heavy atom. The molecule has 0 saturated carbocycles. The maximum Gasteiger partial charge on any atom is 0.573 e. The minimum absolute atomic E-state index is 0.145. The van der Waals surface area contributed by atoms with Crippen LogP contribution in [0.25, 0.3) is 0 Å². The number of ether oxygens (including phenoxy) is 2. The molecule has 7 heteroatoms. The lowest BCUT2D eigenvalue weighted by molar-refractivity contribution is -0.274. The van der Waals surface area contributed by atoms with Crippen LogP contribution in [0.1, 0.15) is 10.4 Å². The molecular weight excluding hydrogens is 275 g/mol. The van der Waals surface area contributed by atoms with Crippen LogP contribution in [0.3, 0.4) is 0 Å². The van der Waals surface area contributed by atoms with Crippen molar-refractivity contribution >= 4 is 5.78 Å². The van der Waals surface area contributed by atoms with Crippen molar-refractivity contribution in [3.05, 3.63) is 29.8 Å². The summed E-state index contributed by atoms with van der Waals surface area (Å²) in [6, 6.07) is 5.02. The molecule has 0 aliphatic carbocycles. The lowest BCUT2D eigenvalue weighted by Crippen LogP contribution is -2.44. The average Bonchev–Trinajstić information content (AvgIpc) is 2.36. The molecule has 1 aromatic rings. The van der Waals surface area contributed by atoms with Gasteiger partial charge in [0.2, 0.25) is 0 Å². The molecule has 2 rings (SSSR count). The molecule has 0 amide bonds. The number of rotatable bonds is 3. The first-order valence-corrected chi connectivity index (χ1v) is 6.05. The van der Waals surface area contributed by atoms with Gasteiger partial charge in [-0.1, -0.05) is 12.1 Å². The van der Waals surface area contributed by atoms with Crippen LogP contribution in [0.4, 0.5) is 13.2 Å². The van der Waals surface area contributed by atoms with Gasteiger partial charge in [-0.25, -0.2) is 0 Å². The van der Waals surface area contributed by atoms with E-state index >= 15 is 0 Å². The minimum Gasteiger partial charge on any atom is -0.406 e. The first-order chi connectivity index (χ1) is 9.35. The second-order valence-corrected chi connectivity index (χ2v) is 4.56. The third-order valence-corrected chi connectivity index (χ3v) is 2.91. The number of morpholine rings is 1. The number of hydrogen-bond acceptors (Lipinski definition) is 4. The maximum atomic E-state index is 12.2. The summed E-state index contributed by atoms with van der Waals surface area (Å²) >= 11 is 0. The summed E-state index contributed by atoms with van der Waals surface area (Å²) < 4.78 is 45.6. The SMILES string of the molecule is CN1CCOC(C(=O)c2cccc(OC(F)(F)F)c2)C1. The van der Waals surface area contributed by atoms with E-state index in [1.165, 1.54) is 12.1 Å². The van der Waals surface area contributed by atoms with Gasteiger partial charge < -0.3 is 14.4 Å². The molecule has 1 heterocycles. The zero-order valence-electron chi connectivity index (χ0n) is 10.8. The van der Waals surface area contributed by atoms with Gasteiger partial charge in [-0.15, -0.1) is 13.2 Å². The normalized spacial score (nSPS) is 20.7. The van der Waals surface area contributed by atoms with Crippen molar-refractivity contribution in [3.8, 4) is 5.75 Å². The Morgan fingerprint density at radius 2 is 2.20 bits per heavy atom. The first kappa shape index (κ1) is 14.8. The molecule has 4 nitrogen and oxygen atoms in total. The zero-order valence-corrected chi connectivity index (χ0v) is 10.8. The van der Waals surface area contributed by atoms with Crippen LogP contribution in [0.15, 0.2) is 24.3 Å². The standard InChI is InChI=1S/C13H14F3NO3/c1-17-5-6-19-11(8-17)12(18)9-3-2-4-10(7-9)20-13(14,15)16/h2-4,7,11H,5-6,8H2,1H3. The summed E-state index contributed by atoms with van der Waals surface area (Å²) in [4.78, 5) is 14.1. The van der Waals surface area contributed by atoms with Crippen molar-refractivity contribution in [1.29, 1.82) is 0 Å². The highest BCUT2D eigenvalue weighted by Gasteiger charge is 2.32. The monoisotopic (exact) mass is 289 g/mol. The fraction of sp³-hybridized carbons (Fsp3) is 0.462. The van der Waals surface area contributed by atoms with Crippen LogP contribution in [-0.2, 0) is 4.74 Å². The predicted octanol–water partition coefficient (Wildman–Crippen LogP) is 2.10. The van der Waals surface area contributed by atoms with Crippen LogP contribution < -0.4 is 4.74 Å². The molecule has 0 N–H and O–H groups in total. The molecule has 0 bridgehead atoms. The fourth-order valence-corrected chi connectivity index (χ4v) is 1.97. The van der Waals surface area contributed by atoms with Crippen LogP contribution >= 0.6 is 0 Å². The second kappa shape index (κ2) is 5.80. The Balaban J connectivity index is 2.12. The Kier molecular flexibility index (Phi) is 4.29. The van der Waals surface area contributed by atoms with Crippen molar-refractivity contribution in [2.45, 2.75) is 12.5 Å². The van der Waals surface area contributed by atoms with Gasteiger partial charge >= 0.3 is 6.36 Å².